The van der Waals surface area contributed by atoms with E-state index in [2.05, 4.69) is 5.32 Å². The summed E-state index contributed by atoms with van der Waals surface area (Å²) in [5.74, 6) is -0.573. The van der Waals surface area contributed by atoms with Gasteiger partial charge in [-0.1, -0.05) is 13.8 Å². The average Bonchev–Trinajstić information content (AvgIpc) is 2.43. The van der Waals surface area contributed by atoms with E-state index in [-0.39, 0.29) is 12.3 Å². The molecule has 0 aromatic rings. The topological polar surface area (TPSA) is 75.6 Å². The van der Waals surface area contributed by atoms with E-state index in [1.807, 2.05) is 13.8 Å². The minimum Gasteiger partial charge on any atom is -0.481 e. The molecule has 5 nitrogen and oxygen atoms in total. The number of rotatable bonds is 7. The first kappa shape index (κ1) is 16.0. The highest BCUT2D eigenvalue weighted by Crippen LogP contribution is 2.30. The van der Waals surface area contributed by atoms with Crippen LogP contribution in [0.2, 0.25) is 0 Å². The highest BCUT2D eigenvalue weighted by molar-refractivity contribution is 5.84. The maximum absolute atomic E-state index is 11.9. The zero-order valence-electron chi connectivity index (χ0n) is 11.9. The molecule has 0 aromatic heterocycles. The number of carboxylic acids is 1. The van der Waals surface area contributed by atoms with Crippen LogP contribution in [0, 0.1) is 11.3 Å². The Hall–Kier alpha value is -1.10. The summed E-state index contributed by atoms with van der Waals surface area (Å²) >= 11 is 0. The molecule has 0 radical (unpaired) electrons. The van der Waals surface area contributed by atoms with Gasteiger partial charge in [0.25, 0.3) is 0 Å². The van der Waals surface area contributed by atoms with Crippen molar-refractivity contribution in [1.29, 1.82) is 0 Å². The second-order valence-corrected chi connectivity index (χ2v) is 5.33. The van der Waals surface area contributed by atoms with Crippen LogP contribution in [0.4, 0.5) is 0 Å². The zero-order chi connectivity index (χ0) is 14.3. The van der Waals surface area contributed by atoms with Gasteiger partial charge >= 0.3 is 5.97 Å². The zero-order valence-corrected chi connectivity index (χ0v) is 11.9. The number of ether oxygens (including phenoxy) is 1. The van der Waals surface area contributed by atoms with E-state index in [1.165, 1.54) is 0 Å². The number of carboxylic acid groups (broad SMARTS) is 1. The Morgan fingerprint density at radius 2 is 1.84 bits per heavy atom. The van der Waals surface area contributed by atoms with Crippen molar-refractivity contribution >= 4 is 11.9 Å². The van der Waals surface area contributed by atoms with Crippen LogP contribution in [-0.4, -0.2) is 36.7 Å². The molecule has 1 saturated heterocycles. The molecular weight excluding hydrogens is 246 g/mol. The first-order chi connectivity index (χ1) is 9.04. The summed E-state index contributed by atoms with van der Waals surface area (Å²) in [5, 5.41) is 12.2. The Balaban J connectivity index is 2.42. The highest BCUT2D eigenvalue weighted by Gasteiger charge is 2.37. The molecular formula is C14H25NO4. The fourth-order valence-electron chi connectivity index (χ4n) is 2.46. The number of carbonyl (C=O) groups is 2. The second-order valence-electron chi connectivity index (χ2n) is 5.33. The number of aliphatic carboxylic acids is 1. The highest BCUT2D eigenvalue weighted by atomic mass is 16.5. The molecule has 19 heavy (non-hydrogen) atoms. The van der Waals surface area contributed by atoms with E-state index in [4.69, 9.17) is 4.74 Å². The predicted molar refractivity (Wildman–Crippen MR) is 71.8 cm³/mol. The van der Waals surface area contributed by atoms with Crippen LogP contribution >= 0.6 is 0 Å². The SMILES string of the molecule is CCC(CC)(CC(=O)NCC1CCOCC1)C(=O)O. The van der Waals surface area contributed by atoms with E-state index in [1.54, 1.807) is 0 Å². The van der Waals surface area contributed by atoms with Crippen molar-refractivity contribution in [2.75, 3.05) is 19.8 Å². The minimum absolute atomic E-state index is 0.0680. The molecule has 0 bridgehead atoms. The van der Waals surface area contributed by atoms with Gasteiger partial charge in [0.15, 0.2) is 0 Å². The van der Waals surface area contributed by atoms with Gasteiger partial charge in [-0.05, 0) is 31.6 Å². The first-order valence-electron chi connectivity index (χ1n) is 7.12. The van der Waals surface area contributed by atoms with Gasteiger partial charge in [-0.3, -0.25) is 9.59 Å². The summed E-state index contributed by atoms with van der Waals surface area (Å²) in [4.78, 5) is 23.2. The van der Waals surface area contributed by atoms with Gasteiger partial charge in [0.2, 0.25) is 5.91 Å². The normalized spacial score (nSPS) is 17.2. The molecule has 0 spiro atoms. The van der Waals surface area contributed by atoms with Crippen molar-refractivity contribution in [2.45, 2.75) is 46.0 Å². The van der Waals surface area contributed by atoms with Crippen molar-refractivity contribution < 1.29 is 19.4 Å². The third-order valence-corrected chi connectivity index (χ3v) is 4.23. The smallest absolute Gasteiger partial charge is 0.310 e. The number of nitrogens with one attached hydrogen (secondary N) is 1. The fourth-order valence-corrected chi connectivity index (χ4v) is 2.46. The van der Waals surface area contributed by atoms with Crippen LogP contribution in [-0.2, 0) is 14.3 Å². The first-order valence-corrected chi connectivity index (χ1v) is 7.12. The molecule has 1 aliphatic rings. The number of amides is 1. The summed E-state index contributed by atoms with van der Waals surface area (Å²) in [6.45, 7) is 5.78. The van der Waals surface area contributed by atoms with Gasteiger partial charge in [0.1, 0.15) is 0 Å². The maximum Gasteiger partial charge on any atom is 0.310 e. The minimum atomic E-state index is -0.917. The summed E-state index contributed by atoms with van der Waals surface area (Å²) in [5.41, 5.74) is -0.917. The molecule has 1 aliphatic heterocycles. The van der Waals surface area contributed by atoms with E-state index in [0.29, 0.717) is 25.3 Å². The van der Waals surface area contributed by atoms with E-state index in [9.17, 15) is 14.7 Å². The lowest BCUT2D eigenvalue weighted by Crippen LogP contribution is -2.39. The average molecular weight is 271 g/mol. The van der Waals surface area contributed by atoms with E-state index < -0.39 is 11.4 Å². The second kappa shape index (κ2) is 7.48. The van der Waals surface area contributed by atoms with E-state index >= 15 is 0 Å². The third-order valence-electron chi connectivity index (χ3n) is 4.23. The molecule has 1 fully saturated rings. The van der Waals surface area contributed by atoms with Crippen molar-refractivity contribution in [3.05, 3.63) is 0 Å². The molecule has 5 heteroatoms. The van der Waals surface area contributed by atoms with E-state index in [0.717, 1.165) is 26.1 Å². The molecule has 0 aliphatic carbocycles. The maximum atomic E-state index is 11.9. The molecule has 0 unspecified atom stereocenters. The lowest BCUT2D eigenvalue weighted by Gasteiger charge is -2.27. The van der Waals surface area contributed by atoms with Crippen molar-refractivity contribution in [1.82, 2.24) is 5.32 Å². The standard InChI is InChI=1S/C14H25NO4/c1-3-14(4-2,13(17)18)9-12(16)15-10-11-5-7-19-8-6-11/h11H,3-10H2,1-2H3,(H,15,16)(H,17,18). The van der Waals surface area contributed by atoms with Gasteiger partial charge in [-0.25, -0.2) is 0 Å². The molecule has 1 amide bonds. The monoisotopic (exact) mass is 271 g/mol. The predicted octanol–water partition coefficient (Wildman–Crippen LogP) is 1.81. The third kappa shape index (κ3) is 4.49. The van der Waals surface area contributed by atoms with Gasteiger partial charge in [0, 0.05) is 26.2 Å². The summed E-state index contributed by atoms with van der Waals surface area (Å²) in [7, 11) is 0. The summed E-state index contributed by atoms with van der Waals surface area (Å²) in [6, 6.07) is 0. The molecule has 110 valence electrons. The Bertz CT molecular complexity index is 307. The van der Waals surface area contributed by atoms with Crippen LogP contribution in [0.3, 0.4) is 0 Å². The van der Waals surface area contributed by atoms with Crippen LogP contribution in [0.1, 0.15) is 46.0 Å². The Labute approximate surface area is 114 Å². The lowest BCUT2D eigenvalue weighted by molar-refractivity contribution is -0.152. The van der Waals surface area contributed by atoms with Gasteiger partial charge in [0.05, 0.1) is 5.41 Å². The van der Waals surface area contributed by atoms with Crippen LogP contribution in [0.15, 0.2) is 0 Å². The molecule has 1 heterocycles. The number of hydrogen-bond donors (Lipinski definition) is 2. The van der Waals surface area contributed by atoms with Crippen LogP contribution < -0.4 is 5.32 Å². The summed E-state index contributed by atoms with van der Waals surface area (Å²) < 4.78 is 5.26. The Morgan fingerprint density at radius 3 is 2.32 bits per heavy atom. The molecule has 0 saturated carbocycles. The van der Waals surface area contributed by atoms with Gasteiger partial charge < -0.3 is 15.2 Å². The molecule has 0 aromatic carbocycles. The van der Waals surface area contributed by atoms with Gasteiger partial charge in [-0.2, -0.15) is 0 Å². The molecule has 2 N–H and O–H groups in total. The Kier molecular flexibility index (Phi) is 6.28. The van der Waals surface area contributed by atoms with Crippen LogP contribution in [0.5, 0.6) is 0 Å². The fraction of sp³-hybridized carbons (Fsp3) is 0.857. The van der Waals surface area contributed by atoms with Crippen molar-refractivity contribution in [2.24, 2.45) is 11.3 Å². The molecule has 1 rings (SSSR count). The van der Waals surface area contributed by atoms with Crippen LogP contribution in [0.25, 0.3) is 0 Å². The molecule has 0 atom stereocenters. The number of hydrogen-bond acceptors (Lipinski definition) is 3. The quantitative estimate of drug-likeness (QED) is 0.740. The Morgan fingerprint density at radius 1 is 1.26 bits per heavy atom. The van der Waals surface area contributed by atoms with Crippen molar-refractivity contribution in [3.8, 4) is 0 Å². The largest absolute Gasteiger partial charge is 0.481 e. The summed E-state index contributed by atoms with van der Waals surface area (Å²) in [6.07, 6.45) is 2.95. The van der Waals surface area contributed by atoms with Crippen molar-refractivity contribution in [3.63, 3.8) is 0 Å². The number of carbonyl (C=O) groups excluding carboxylic acids is 1. The van der Waals surface area contributed by atoms with Gasteiger partial charge in [-0.15, -0.1) is 0 Å². The lowest BCUT2D eigenvalue weighted by atomic mass is 9.79.